The van der Waals surface area contributed by atoms with E-state index in [0.717, 1.165) is 18.5 Å². The zero-order chi connectivity index (χ0) is 15.0. The molecule has 0 aromatic heterocycles. The number of benzene rings is 1. The minimum Gasteiger partial charge on any atom is -0.480 e. The first-order valence-corrected chi connectivity index (χ1v) is 6.88. The van der Waals surface area contributed by atoms with Crippen LogP contribution in [0.3, 0.4) is 0 Å². The molecule has 0 heterocycles. The number of aliphatic carboxylic acids is 1. The van der Waals surface area contributed by atoms with E-state index in [-0.39, 0.29) is 19.0 Å². The first-order chi connectivity index (χ1) is 9.55. The topological polar surface area (TPSA) is 69.6 Å². The Balaban J connectivity index is 2.53. The Labute approximate surface area is 119 Å². The number of aryl methyl sites for hydroxylation is 1. The Morgan fingerprint density at radius 1 is 1.15 bits per heavy atom. The molecule has 0 saturated carbocycles. The highest BCUT2D eigenvalue weighted by atomic mass is 16.4. The highest BCUT2D eigenvalue weighted by Crippen LogP contribution is 2.10. The first kappa shape index (κ1) is 16.2. The Morgan fingerprint density at radius 2 is 1.80 bits per heavy atom. The van der Waals surface area contributed by atoms with Crippen molar-refractivity contribution in [2.45, 2.75) is 26.7 Å². The van der Waals surface area contributed by atoms with Crippen molar-refractivity contribution >= 4 is 17.6 Å². The van der Waals surface area contributed by atoms with Gasteiger partial charge in [0.1, 0.15) is 0 Å². The molecule has 0 aliphatic carbocycles. The standard InChI is InChI=1S/C15H22N2O3/c1-3-9-17(11-15(19)20)10-14(18)16-13-7-5-12(4-2)6-8-13/h5-8H,3-4,9-11H2,1-2H3,(H,16,18)(H,19,20). The lowest BCUT2D eigenvalue weighted by molar-refractivity contribution is -0.138. The molecule has 0 unspecified atom stereocenters. The predicted molar refractivity (Wildman–Crippen MR) is 78.8 cm³/mol. The minimum absolute atomic E-state index is 0.0929. The number of nitrogens with one attached hydrogen (secondary N) is 1. The first-order valence-electron chi connectivity index (χ1n) is 6.88. The number of amides is 1. The molecule has 5 nitrogen and oxygen atoms in total. The van der Waals surface area contributed by atoms with Crippen molar-refractivity contribution in [3.05, 3.63) is 29.8 Å². The van der Waals surface area contributed by atoms with E-state index in [2.05, 4.69) is 12.2 Å². The van der Waals surface area contributed by atoms with E-state index >= 15 is 0 Å². The molecule has 1 aromatic rings. The third-order valence-electron chi connectivity index (χ3n) is 2.91. The smallest absolute Gasteiger partial charge is 0.317 e. The van der Waals surface area contributed by atoms with Crippen molar-refractivity contribution in [3.63, 3.8) is 0 Å². The molecule has 0 bridgehead atoms. The van der Waals surface area contributed by atoms with Gasteiger partial charge in [0, 0.05) is 5.69 Å². The maximum atomic E-state index is 11.9. The average molecular weight is 278 g/mol. The van der Waals surface area contributed by atoms with E-state index < -0.39 is 5.97 Å². The van der Waals surface area contributed by atoms with Crippen LogP contribution in [0.15, 0.2) is 24.3 Å². The van der Waals surface area contributed by atoms with Gasteiger partial charge in [0.05, 0.1) is 13.1 Å². The molecular formula is C15H22N2O3. The van der Waals surface area contributed by atoms with Gasteiger partial charge in [-0.1, -0.05) is 26.0 Å². The summed E-state index contributed by atoms with van der Waals surface area (Å²) in [4.78, 5) is 24.2. The molecule has 0 atom stereocenters. The van der Waals surface area contributed by atoms with Gasteiger partial charge in [-0.2, -0.15) is 0 Å². The van der Waals surface area contributed by atoms with Crippen LogP contribution in [-0.2, 0) is 16.0 Å². The molecule has 20 heavy (non-hydrogen) atoms. The molecule has 0 fully saturated rings. The molecule has 0 radical (unpaired) electrons. The zero-order valence-electron chi connectivity index (χ0n) is 12.1. The van der Waals surface area contributed by atoms with E-state index in [1.165, 1.54) is 5.56 Å². The Hall–Kier alpha value is -1.88. The number of carbonyl (C=O) groups is 2. The van der Waals surface area contributed by atoms with Gasteiger partial charge in [0.2, 0.25) is 5.91 Å². The Kier molecular flexibility index (Phi) is 6.73. The van der Waals surface area contributed by atoms with Crippen LogP contribution in [-0.4, -0.2) is 41.5 Å². The third kappa shape index (κ3) is 5.84. The quantitative estimate of drug-likeness (QED) is 0.763. The van der Waals surface area contributed by atoms with Crippen LogP contribution in [0, 0.1) is 0 Å². The van der Waals surface area contributed by atoms with Gasteiger partial charge >= 0.3 is 5.97 Å². The molecule has 2 N–H and O–H groups in total. The summed E-state index contributed by atoms with van der Waals surface area (Å²) in [5.41, 5.74) is 1.94. The molecule has 0 spiro atoms. The summed E-state index contributed by atoms with van der Waals surface area (Å²) >= 11 is 0. The lowest BCUT2D eigenvalue weighted by Gasteiger charge is -2.18. The number of anilines is 1. The fraction of sp³-hybridized carbons (Fsp3) is 0.467. The van der Waals surface area contributed by atoms with Crippen molar-refractivity contribution in [3.8, 4) is 0 Å². The van der Waals surface area contributed by atoms with Gasteiger partial charge in [-0.05, 0) is 37.1 Å². The summed E-state index contributed by atoms with van der Waals surface area (Å²) in [5, 5.41) is 11.6. The largest absolute Gasteiger partial charge is 0.480 e. The number of carbonyl (C=O) groups excluding carboxylic acids is 1. The highest BCUT2D eigenvalue weighted by molar-refractivity contribution is 5.92. The number of carboxylic acid groups (broad SMARTS) is 1. The molecule has 5 heteroatoms. The van der Waals surface area contributed by atoms with Crippen LogP contribution in [0.25, 0.3) is 0 Å². The van der Waals surface area contributed by atoms with Crippen molar-refractivity contribution < 1.29 is 14.7 Å². The Morgan fingerprint density at radius 3 is 2.30 bits per heavy atom. The number of carboxylic acids is 1. The second-order valence-electron chi connectivity index (χ2n) is 4.70. The monoisotopic (exact) mass is 278 g/mol. The third-order valence-corrected chi connectivity index (χ3v) is 2.91. The summed E-state index contributed by atoms with van der Waals surface area (Å²) in [6.07, 6.45) is 1.77. The number of rotatable bonds is 8. The van der Waals surface area contributed by atoms with E-state index in [1.54, 1.807) is 4.90 Å². The van der Waals surface area contributed by atoms with Crippen LogP contribution in [0.4, 0.5) is 5.69 Å². The van der Waals surface area contributed by atoms with Crippen LogP contribution < -0.4 is 5.32 Å². The summed E-state index contributed by atoms with van der Waals surface area (Å²) in [5.74, 6) is -1.11. The van der Waals surface area contributed by atoms with Crippen molar-refractivity contribution in [2.24, 2.45) is 0 Å². The molecule has 0 saturated heterocycles. The van der Waals surface area contributed by atoms with Gasteiger partial charge in [0.15, 0.2) is 0 Å². The second-order valence-corrected chi connectivity index (χ2v) is 4.70. The predicted octanol–water partition coefficient (Wildman–Crippen LogP) is 1.98. The summed E-state index contributed by atoms with van der Waals surface area (Å²) in [7, 11) is 0. The Bertz CT molecular complexity index is 443. The van der Waals surface area contributed by atoms with E-state index in [4.69, 9.17) is 5.11 Å². The van der Waals surface area contributed by atoms with E-state index in [1.807, 2.05) is 31.2 Å². The summed E-state index contributed by atoms with van der Waals surface area (Å²) in [6, 6.07) is 7.66. The zero-order valence-corrected chi connectivity index (χ0v) is 12.1. The van der Waals surface area contributed by atoms with Crippen LogP contribution in [0.2, 0.25) is 0 Å². The van der Waals surface area contributed by atoms with Gasteiger partial charge in [-0.3, -0.25) is 14.5 Å². The maximum Gasteiger partial charge on any atom is 0.317 e. The lowest BCUT2D eigenvalue weighted by atomic mass is 10.1. The SMILES string of the molecule is CCCN(CC(=O)O)CC(=O)Nc1ccc(CC)cc1. The molecule has 1 amide bonds. The molecular weight excluding hydrogens is 256 g/mol. The van der Waals surface area contributed by atoms with Gasteiger partial charge in [0.25, 0.3) is 0 Å². The molecule has 0 aliphatic rings. The number of nitrogens with zero attached hydrogens (tertiary/aromatic N) is 1. The summed E-state index contributed by atoms with van der Waals surface area (Å²) in [6.45, 7) is 4.60. The van der Waals surface area contributed by atoms with Crippen molar-refractivity contribution in [1.29, 1.82) is 0 Å². The molecule has 1 aromatic carbocycles. The van der Waals surface area contributed by atoms with Crippen LogP contribution in [0.1, 0.15) is 25.8 Å². The van der Waals surface area contributed by atoms with Gasteiger partial charge < -0.3 is 10.4 Å². The highest BCUT2D eigenvalue weighted by Gasteiger charge is 2.13. The normalized spacial score (nSPS) is 10.6. The van der Waals surface area contributed by atoms with Gasteiger partial charge in [-0.15, -0.1) is 0 Å². The van der Waals surface area contributed by atoms with Crippen molar-refractivity contribution in [1.82, 2.24) is 4.90 Å². The summed E-state index contributed by atoms with van der Waals surface area (Å²) < 4.78 is 0. The van der Waals surface area contributed by atoms with Gasteiger partial charge in [-0.25, -0.2) is 0 Å². The van der Waals surface area contributed by atoms with Crippen molar-refractivity contribution in [2.75, 3.05) is 25.0 Å². The molecule has 1 rings (SSSR count). The molecule has 0 aliphatic heterocycles. The van der Waals surface area contributed by atoms with E-state index in [9.17, 15) is 9.59 Å². The van der Waals surface area contributed by atoms with Crippen LogP contribution >= 0.6 is 0 Å². The lowest BCUT2D eigenvalue weighted by Crippen LogP contribution is -2.37. The van der Waals surface area contributed by atoms with Crippen LogP contribution in [0.5, 0.6) is 0 Å². The fourth-order valence-electron chi connectivity index (χ4n) is 1.95. The number of hydrogen-bond donors (Lipinski definition) is 2. The van der Waals surface area contributed by atoms with E-state index in [0.29, 0.717) is 6.54 Å². The average Bonchev–Trinajstić information content (AvgIpc) is 2.39. The maximum absolute atomic E-state index is 11.9. The number of hydrogen-bond acceptors (Lipinski definition) is 3. The second kappa shape index (κ2) is 8.32. The molecule has 110 valence electrons. The fourth-order valence-corrected chi connectivity index (χ4v) is 1.95. The minimum atomic E-state index is -0.918.